The van der Waals surface area contributed by atoms with Crippen LogP contribution in [0.2, 0.25) is 0 Å². The number of ketones is 1. The Balaban J connectivity index is 1.36. The zero-order chi connectivity index (χ0) is 22.8. The number of carbonyl (C=O) groups excluding carboxylic acids is 1. The van der Waals surface area contributed by atoms with Gasteiger partial charge in [0.2, 0.25) is 0 Å². The van der Waals surface area contributed by atoms with Crippen LogP contribution in [0, 0.1) is 0 Å². The van der Waals surface area contributed by atoms with Crippen LogP contribution in [0.4, 0.5) is 0 Å². The highest BCUT2D eigenvalue weighted by molar-refractivity contribution is 6.05. The highest BCUT2D eigenvalue weighted by Crippen LogP contribution is 2.41. The standard InChI is InChI=1S/C28H24O5/c1-30-24-8-5-9-25(31-2)27(24)23-17-33-26-15-21(12-13-22(26)28(23)29)32-16-18-10-11-19-6-3-4-7-20(19)14-18/h3-15,23H,16-17H2,1-2H3/t23-/m1/s1. The molecule has 0 fully saturated rings. The molecule has 0 unspecified atom stereocenters. The van der Waals surface area contributed by atoms with Crippen molar-refractivity contribution in [1.29, 1.82) is 0 Å². The molecule has 1 atom stereocenters. The lowest BCUT2D eigenvalue weighted by atomic mass is 9.87. The molecule has 0 saturated carbocycles. The van der Waals surface area contributed by atoms with E-state index in [1.165, 1.54) is 10.8 Å². The maximum absolute atomic E-state index is 13.3. The van der Waals surface area contributed by atoms with Crippen molar-refractivity contribution in [3.63, 3.8) is 0 Å². The molecule has 0 amide bonds. The third-order valence-electron chi connectivity index (χ3n) is 5.97. The van der Waals surface area contributed by atoms with Crippen LogP contribution in [0.1, 0.15) is 27.4 Å². The summed E-state index contributed by atoms with van der Waals surface area (Å²) in [4.78, 5) is 13.3. The fourth-order valence-electron chi connectivity index (χ4n) is 4.28. The summed E-state index contributed by atoms with van der Waals surface area (Å²) in [5, 5.41) is 2.37. The van der Waals surface area contributed by atoms with E-state index >= 15 is 0 Å². The molecule has 0 spiro atoms. The van der Waals surface area contributed by atoms with Crippen LogP contribution in [0.5, 0.6) is 23.0 Å². The molecule has 5 heteroatoms. The first kappa shape index (κ1) is 20.9. The Labute approximate surface area is 192 Å². The molecular weight excluding hydrogens is 416 g/mol. The van der Waals surface area contributed by atoms with E-state index < -0.39 is 5.92 Å². The van der Waals surface area contributed by atoms with Crippen molar-refractivity contribution in [3.8, 4) is 23.0 Å². The summed E-state index contributed by atoms with van der Waals surface area (Å²) in [7, 11) is 3.17. The lowest BCUT2D eigenvalue weighted by molar-refractivity contribution is 0.0891. The van der Waals surface area contributed by atoms with Gasteiger partial charge in [-0.2, -0.15) is 0 Å². The van der Waals surface area contributed by atoms with Crippen LogP contribution in [-0.4, -0.2) is 26.6 Å². The summed E-state index contributed by atoms with van der Waals surface area (Å²) < 4.78 is 23.0. The van der Waals surface area contributed by atoms with Gasteiger partial charge in [-0.25, -0.2) is 0 Å². The number of methoxy groups -OCH3 is 2. The monoisotopic (exact) mass is 440 g/mol. The molecule has 1 heterocycles. The molecule has 5 nitrogen and oxygen atoms in total. The number of fused-ring (bicyclic) bond motifs is 2. The molecule has 1 aliphatic heterocycles. The molecule has 5 rings (SSSR count). The minimum atomic E-state index is -0.507. The molecule has 4 aromatic carbocycles. The molecule has 0 N–H and O–H groups in total. The lowest BCUT2D eigenvalue weighted by Gasteiger charge is -2.27. The van der Waals surface area contributed by atoms with E-state index in [0.29, 0.717) is 40.7 Å². The van der Waals surface area contributed by atoms with Gasteiger partial charge in [-0.3, -0.25) is 4.79 Å². The van der Waals surface area contributed by atoms with Crippen molar-refractivity contribution in [2.24, 2.45) is 0 Å². The molecular formula is C28H24O5. The van der Waals surface area contributed by atoms with Crippen LogP contribution >= 0.6 is 0 Å². The zero-order valence-electron chi connectivity index (χ0n) is 18.5. The normalized spacial score (nSPS) is 15.0. The van der Waals surface area contributed by atoms with Crippen LogP contribution < -0.4 is 18.9 Å². The number of hydrogen-bond acceptors (Lipinski definition) is 5. The summed E-state index contributed by atoms with van der Waals surface area (Å²) in [6, 6.07) is 25.3. The van der Waals surface area contributed by atoms with Crippen LogP contribution in [0.3, 0.4) is 0 Å². The van der Waals surface area contributed by atoms with Gasteiger partial charge in [0.1, 0.15) is 36.2 Å². The first-order chi connectivity index (χ1) is 16.2. The molecule has 0 aliphatic carbocycles. The van der Waals surface area contributed by atoms with Crippen molar-refractivity contribution < 1.29 is 23.7 Å². The summed E-state index contributed by atoms with van der Waals surface area (Å²) >= 11 is 0. The number of ether oxygens (including phenoxy) is 4. The predicted octanol–water partition coefficient (Wildman–Crippen LogP) is 5.79. The van der Waals surface area contributed by atoms with E-state index in [0.717, 1.165) is 5.56 Å². The Morgan fingerprint density at radius 3 is 2.36 bits per heavy atom. The van der Waals surface area contributed by atoms with Gasteiger partial charge in [0.25, 0.3) is 0 Å². The topological polar surface area (TPSA) is 54.0 Å². The molecule has 0 saturated heterocycles. The van der Waals surface area contributed by atoms with Gasteiger partial charge in [0, 0.05) is 6.07 Å². The van der Waals surface area contributed by atoms with Gasteiger partial charge in [0.05, 0.1) is 31.3 Å². The highest BCUT2D eigenvalue weighted by atomic mass is 16.5. The van der Waals surface area contributed by atoms with E-state index in [1.54, 1.807) is 26.4 Å². The fraction of sp³-hybridized carbons (Fsp3) is 0.179. The third-order valence-corrected chi connectivity index (χ3v) is 5.97. The fourth-order valence-corrected chi connectivity index (χ4v) is 4.28. The maximum Gasteiger partial charge on any atom is 0.177 e. The molecule has 1 aliphatic rings. The molecule has 0 aromatic heterocycles. The second kappa shape index (κ2) is 8.87. The Kier molecular flexibility index (Phi) is 5.61. The van der Waals surface area contributed by atoms with Gasteiger partial charge < -0.3 is 18.9 Å². The van der Waals surface area contributed by atoms with Crippen molar-refractivity contribution in [2.45, 2.75) is 12.5 Å². The number of carbonyl (C=O) groups is 1. The van der Waals surface area contributed by atoms with Gasteiger partial charge in [-0.05, 0) is 46.7 Å². The smallest absolute Gasteiger partial charge is 0.177 e. The summed E-state index contributed by atoms with van der Waals surface area (Å²) in [6.45, 7) is 0.634. The Bertz CT molecular complexity index is 1300. The predicted molar refractivity (Wildman–Crippen MR) is 127 cm³/mol. The Hall–Kier alpha value is -3.99. The van der Waals surface area contributed by atoms with Gasteiger partial charge >= 0.3 is 0 Å². The van der Waals surface area contributed by atoms with Crippen molar-refractivity contribution in [2.75, 3.05) is 20.8 Å². The number of benzene rings is 4. The average Bonchev–Trinajstić information content (AvgIpc) is 2.87. The summed E-state index contributed by atoms with van der Waals surface area (Å²) in [6.07, 6.45) is 0. The highest BCUT2D eigenvalue weighted by Gasteiger charge is 2.34. The SMILES string of the molecule is COc1cccc(OC)c1[C@H]1COc2cc(OCc3ccc4ccccc4c3)ccc2C1=O. The summed E-state index contributed by atoms with van der Waals surface area (Å²) in [5.74, 6) is 1.86. The van der Waals surface area contributed by atoms with E-state index in [9.17, 15) is 4.79 Å². The Morgan fingerprint density at radius 1 is 0.848 bits per heavy atom. The lowest BCUT2D eigenvalue weighted by Crippen LogP contribution is -2.27. The van der Waals surface area contributed by atoms with E-state index in [-0.39, 0.29) is 12.4 Å². The van der Waals surface area contributed by atoms with Gasteiger partial charge in [-0.15, -0.1) is 0 Å². The minimum Gasteiger partial charge on any atom is -0.496 e. The van der Waals surface area contributed by atoms with Crippen LogP contribution in [-0.2, 0) is 6.61 Å². The van der Waals surface area contributed by atoms with E-state index in [4.69, 9.17) is 18.9 Å². The first-order valence-electron chi connectivity index (χ1n) is 10.8. The molecule has 166 valence electrons. The maximum atomic E-state index is 13.3. The quantitative estimate of drug-likeness (QED) is 0.380. The molecule has 33 heavy (non-hydrogen) atoms. The summed E-state index contributed by atoms with van der Waals surface area (Å²) in [5.41, 5.74) is 2.30. The number of rotatable bonds is 6. The number of hydrogen-bond donors (Lipinski definition) is 0. The van der Waals surface area contributed by atoms with E-state index in [2.05, 4.69) is 30.3 Å². The molecule has 4 aromatic rings. The van der Waals surface area contributed by atoms with Crippen LogP contribution in [0.15, 0.2) is 78.9 Å². The van der Waals surface area contributed by atoms with Crippen LogP contribution in [0.25, 0.3) is 10.8 Å². The molecule has 0 radical (unpaired) electrons. The van der Waals surface area contributed by atoms with Crippen molar-refractivity contribution in [1.82, 2.24) is 0 Å². The first-order valence-corrected chi connectivity index (χ1v) is 10.8. The minimum absolute atomic E-state index is 0.0277. The van der Waals surface area contributed by atoms with Crippen molar-refractivity contribution in [3.05, 3.63) is 95.6 Å². The zero-order valence-corrected chi connectivity index (χ0v) is 18.5. The van der Waals surface area contributed by atoms with Gasteiger partial charge in [0.15, 0.2) is 5.78 Å². The van der Waals surface area contributed by atoms with Gasteiger partial charge in [-0.1, -0.05) is 42.5 Å². The average molecular weight is 440 g/mol. The van der Waals surface area contributed by atoms with E-state index in [1.807, 2.05) is 36.4 Å². The molecule has 0 bridgehead atoms. The Morgan fingerprint density at radius 2 is 1.61 bits per heavy atom. The largest absolute Gasteiger partial charge is 0.496 e. The second-order valence-electron chi connectivity index (χ2n) is 7.93. The third kappa shape index (κ3) is 3.98. The number of Topliss-reactive ketones (excluding diaryl/α,β-unsaturated/α-hetero) is 1. The van der Waals surface area contributed by atoms with Crippen molar-refractivity contribution >= 4 is 16.6 Å². The second-order valence-corrected chi connectivity index (χ2v) is 7.93.